The van der Waals surface area contributed by atoms with E-state index in [9.17, 15) is 9.59 Å². The van der Waals surface area contributed by atoms with Crippen molar-refractivity contribution in [1.29, 1.82) is 0 Å². The van der Waals surface area contributed by atoms with Crippen LogP contribution in [0.5, 0.6) is 0 Å². The molecule has 0 atom stereocenters. The number of hydrogen-bond donors (Lipinski definition) is 1. The average Bonchev–Trinajstić information content (AvgIpc) is 2.52. The van der Waals surface area contributed by atoms with Gasteiger partial charge in [-0.15, -0.1) is 0 Å². The van der Waals surface area contributed by atoms with Crippen molar-refractivity contribution in [3.05, 3.63) is 63.8 Å². The Hall–Kier alpha value is -2.43. The number of carbonyl (C=O) groups excluding carboxylic acids is 1. The van der Waals surface area contributed by atoms with Crippen molar-refractivity contribution in [3.63, 3.8) is 0 Å². The first kappa shape index (κ1) is 15.9. The van der Waals surface area contributed by atoms with E-state index in [2.05, 4.69) is 9.97 Å². The van der Waals surface area contributed by atoms with Crippen LogP contribution >= 0.6 is 0 Å². The summed E-state index contributed by atoms with van der Waals surface area (Å²) in [6.45, 7) is 6.98. The molecule has 0 spiro atoms. The van der Waals surface area contributed by atoms with Crippen molar-refractivity contribution in [2.75, 3.05) is 6.54 Å². The van der Waals surface area contributed by atoms with E-state index in [-0.39, 0.29) is 17.4 Å². The summed E-state index contributed by atoms with van der Waals surface area (Å²) < 4.78 is 0. The van der Waals surface area contributed by atoms with Crippen LogP contribution in [0.2, 0.25) is 0 Å². The van der Waals surface area contributed by atoms with Gasteiger partial charge in [0.25, 0.3) is 5.91 Å². The highest BCUT2D eigenvalue weighted by Crippen LogP contribution is 2.18. The first-order chi connectivity index (χ1) is 10.5. The van der Waals surface area contributed by atoms with E-state index < -0.39 is 0 Å². The lowest BCUT2D eigenvalue weighted by Gasteiger charge is -2.23. The number of rotatable bonds is 5. The van der Waals surface area contributed by atoms with Gasteiger partial charge in [-0.2, -0.15) is 0 Å². The normalized spacial score (nSPS) is 10.7. The van der Waals surface area contributed by atoms with E-state index in [1.165, 1.54) is 6.07 Å². The van der Waals surface area contributed by atoms with E-state index in [1.807, 2.05) is 32.9 Å². The van der Waals surface area contributed by atoms with E-state index in [1.54, 1.807) is 23.4 Å². The van der Waals surface area contributed by atoms with Crippen LogP contribution in [0.1, 0.15) is 48.3 Å². The molecule has 0 bridgehead atoms. The number of pyridine rings is 2. The van der Waals surface area contributed by atoms with Crippen molar-refractivity contribution in [2.45, 2.75) is 33.2 Å². The van der Waals surface area contributed by atoms with Crippen LogP contribution in [0.4, 0.5) is 0 Å². The maximum absolute atomic E-state index is 12.8. The fourth-order valence-electron chi connectivity index (χ4n) is 2.34. The second-order valence-electron chi connectivity index (χ2n) is 5.48. The van der Waals surface area contributed by atoms with Crippen LogP contribution in [0.3, 0.4) is 0 Å². The topological polar surface area (TPSA) is 66.1 Å². The molecule has 0 unspecified atom stereocenters. The monoisotopic (exact) mass is 299 g/mol. The molecule has 0 aromatic carbocycles. The molecule has 5 nitrogen and oxygen atoms in total. The SMILES string of the molecule is CCN(Cc1ccncc1)C(=O)c1ccc(=O)[nH]c1C(C)C. The number of amides is 1. The third kappa shape index (κ3) is 3.61. The molecule has 0 saturated heterocycles. The zero-order valence-corrected chi connectivity index (χ0v) is 13.2. The van der Waals surface area contributed by atoms with Crippen molar-refractivity contribution in [3.8, 4) is 0 Å². The van der Waals surface area contributed by atoms with E-state index in [4.69, 9.17) is 0 Å². The lowest BCUT2D eigenvalue weighted by Crippen LogP contribution is -2.32. The zero-order valence-electron chi connectivity index (χ0n) is 13.2. The standard InChI is InChI=1S/C17H21N3O2/c1-4-20(11-13-7-9-18-10-8-13)17(22)14-5-6-15(21)19-16(14)12(2)3/h5-10,12H,4,11H2,1-3H3,(H,19,21). The summed E-state index contributed by atoms with van der Waals surface area (Å²) in [5.74, 6) is 0.00624. The van der Waals surface area contributed by atoms with Crippen LogP contribution < -0.4 is 5.56 Å². The first-order valence-electron chi connectivity index (χ1n) is 7.44. The van der Waals surface area contributed by atoms with Crippen LogP contribution in [0.15, 0.2) is 41.5 Å². The fourth-order valence-corrected chi connectivity index (χ4v) is 2.34. The molecule has 0 radical (unpaired) electrons. The number of hydrogen-bond acceptors (Lipinski definition) is 3. The highest BCUT2D eigenvalue weighted by atomic mass is 16.2. The summed E-state index contributed by atoms with van der Waals surface area (Å²) >= 11 is 0. The van der Waals surface area contributed by atoms with Gasteiger partial charge in [-0.1, -0.05) is 13.8 Å². The van der Waals surface area contributed by atoms with Crippen molar-refractivity contribution in [2.24, 2.45) is 0 Å². The first-order valence-corrected chi connectivity index (χ1v) is 7.44. The van der Waals surface area contributed by atoms with Gasteiger partial charge in [-0.05, 0) is 36.6 Å². The smallest absolute Gasteiger partial charge is 0.255 e. The molecule has 116 valence electrons. The van der Waals surface area contributed by atoms with E-state index in [0.29, 0.717) is 24.3 Å². The number of carbonyl (C=O) groups is 1. The fraction of sp³-hybridized carbons (Fsp3) is 0.353. The molecule has 5 heteroatoms. The quantitative estimate of drug-likeness (QED) is 0.922. The number of nitrogens with one attached hydrogen (secondary N) is 1. The Kier molecular flexibility index (Phi) is 5.09. The maximum Gasteiger partial charge on any atom is 0.255 e. The largest absolute Gasteiger partial charge is 0.335 e. The second-order valence-corrected chi connectivity index (χ2v) is 5.48. The summed E-state index contributed by atoms with van der Waals surface area (Å²) in [5, 5.41) is 0. The van der Waals surface area contributed by atoms with Crippen molar-refractivity contribution < 1.29 is 4.79 Å². The summed E-state index contributed by atoms with van der Waals surface area (Å²) in [5.41, 5.74) is 2.09. The molecule has 0 saturated carbocycles. The lowest BCUT2D eigenvalue weighted by atomic mass is 10.0. The Morgan fingerprint density at radius 3 is 2.50 bits per heavy atom. The highest BCUT2D eigenvalue weighted by molar-refractivity contribution is 5.95. The Bertz CT molecular complexity index is 693. The third-order valence-corrected chi connectivity index (χ3v) is 3.55. The van der Waals surface area contributed by atoms with Crippen LogP contribution in [-0.4, -0.2) is 27.3 Å². The molecule has 0 aliphatic rings. The summed E-state index contributed by atoms with van der Waals surface area (Å²) in [6.07, 6.45) is 3.43. The minimum Gasteiger partial charge on any atom is -0.335 e. The molecular weight excluding hydrogens is 278 g/mol. The van der Waals surface area contributed by atoms with Crippen LogP contribution in [0.25, 0.3) is 0 Å². The predicted octanol–water partition coefficient (Wildman–Crippen LogP) is 2.56. The van der Waals surface area contributed by atoms with Crippen molar-refractivity contribution >= 4 is 5.91 Å². The van der Waals surface area contributed by atoms with E-state index >= 15 is 0 Å². The molecule has 0 fully saturated rings. The van der Waals surface area contributed by atoms with Gasteiger partial charge in [0, 0.05) is 37.2 Å². The molecular formula is C17H21N3O2. The van der Waals surface area contributed by atoms with Gasteiger partial charge in [0.2, 0.25) is 5.56 Å². The van der Waals surface area contributed by atoms with Crippen molar-refractivity contribution in [1.82, 2.24) is 14.9 Å². The second kappa shape index (κ2) is 7.02. The lowest BCUT2D eigenvalue weighted by molar-refractivity contribution is 0.0750. The predicted molar refractivity (Wildman–Crippen MR) is 85.8 cm³/mol. The van der Waals surface area contributed by atoms with Gasteiger partial charge in [-0.25, -0.2) is 0 Å². The maximum atomic E-state index is 12.8. The summed E-state index contributed by atoms with van der Waals surface area (Å²) in [4.78, 5) is 32.8. The molecule has 1 N–H and O–H groups in total. The molecule has 1 amide bonds. The molecule has 0 aliphatic carbocycles. The molecule has 2 rings (SSSR count). The van der Waals surface area contributed by atoms with Gasteiger partial charge < -0.3 is 9.88 Å². The number of nitrogens with zero attached hydrogens (tertiary/aromatic N) is 2. The zero-order chi connectivity index (χ0) is 16.1. The molecule has 22 heavy (non-hydrogen) atoms. The Labute approximate surface area is 130 Å². The van der Waals surface area contributed by atoms with Gasteiger partial charge in [0.1, 0.15) is 0 Å². The van der Waals surface area contributed by atoms with Gasteiger partial charge in [0.05, 0.1) is 5.56 Å². The van der Waals surface area contributed by atoms with Gasteiger partial charge in [0.15, 0.2) is 0 Å². The molecule has 2 aromatic rings. The van der Waals surface area contributed by atoms with Crippen LogP contribution in [-0.2, 0) is 6.54 Å². The number of aromatic nitrogens is 2. The minimum absolute atomic E-state index is 0.0701. The Morgan fingerprint density at radius 2 is 1.91 bits per heavy atom. The average molecular weight is 299 g/mol. The Morgan fingerprint density at radius 1 is 1.23 bits per heavy atom. The van der Waals surface area contributed by atoms with Gasteiger partial charge in [-0.3, -0.25) is 14.6 Å². The highest BCUT2D eigenvalue weighted by Gasteiger charge is 2.20. The third-order valence-electron chi connectivity index (χ3n) is 3.55. The summed E-state index contributed by atoms with van der Waals surface area (Å²) in [7, 11) is 0. The summed E-state index contributed by atoms with van der Waals surface area (Å²) in [6, 6.07) is 6.81. The van der Waals surface area contributed by atoms with Gasteiger partial charge >= 0.3 is 0 Å². The molecule has 2 aromatic heterocycles. The Balaban J connectivity index is 2.31. The number of H-pyrrole nitrogens is 1. The molecule has 2 heterocycles. The minimum atomic E-state index is -0.183. The molecule has 0 aliphatic heterocycles. The van der Waals surface area contributed by atoms with E-state index in [0.717, 1.165) is 5.56 Å². The number of aromatic amines is 1. The van der Waals surface area contributed by atoms with Crippen LogP contribution in [0, 0.1) is 0 Å².